The molecule has 2 nitrogen and oxygen atoms in total. The van der Waals surface area contributed by atoms with E-state index in [0.717, 1.165) is 12.1 Å². The van der Waals surface area contributed by atoms with Crippen molar-refractivity contribution < 1.29 is 18.0 Å². The smallest absolute Gasteiger partial charge is 0.399 e. The molecule has 2 rings (SSSR count). The number of carbonyl (C=O) groups excluding carboxylic acids is 1. The number of ketones is 1. The van der Waals surface area contributed by atoms with Gasteiger partial charge in [-0.05, 0) is 42.0 Å². The van der Waals surface area contributed by atoms with E-state index in [4.69, 9.17) is 5.73 Å². The summed E-state index contributed by atoms with van der Waals surface area (Å²) in [5, 5.41) is 0. The van der Waals surface area contributed by atoms with E-state index >= 15 is 0 Å². The molecule has 0 spiro atoms. The monoisotopic (exact) mass is 291 g/mol. The Labute approximate surface area is 119 Å². The first kappa shape index (κ1) is 14.8. The maximum absolute atomic E-state index is 12.8. The summed E-state index contributed by atoms with van der Waals surface area (Å²) in [6, 6.07) is 11.3. The van der Waals surface area contributed by atoms with Crippen molar-refractivity contribution in [1.82, 2.24) is 0 Å². The maximum Gasteiger partial charge on any atom is 0.416 e. The van der Waals surface area contributed by atoms with Crippen molar-refractivity contribution in [3.8, 4) is 0 Å². The van der Waals surface area contributed by atoms with E-state index in [2.05, 4.69) is 0 Å². The number of alkyl halides is 3. The lowest BCUT2D eigenvalue weighted by Crippen LogP contribution is -2.07. The van der Waals surface area contributed by atoms with Gasteiger partial charge in [0, 0.05) is 11.3 Å². The largest absolute Gasteiger partial charge is 0.416 e. The van der Waals surface area contributed by atoms with Crippen LogP contribution in [0.3, 0.4) is 0 Å². The average Bonchev–Trinajstić information content (AvgIpc) is 2.45. The zero-order valence-electron chi connectivity index (χ0n) is 10.9. The SMILES string of the molecule is Nc1ccc(C(=O)/C=C/c2ccccc2C(F)(F)F)cc1. The number of nitrogens with two attached hydrogens (primary N) is 1. The summed E-state index contributed by atoms with van der Waals surface area (Å²) in [5.41, 5.74) is 5.56. The van der Waals surface area contributed by atoms with Gasteiger partial charge in [-0.25, -0.2) is 0 Å². The van der Waals surface area contributed by atoms with Gasteiger partial charge in [0.2, 0.25) is 0 Å². The highest BCUT2D eigenvalue weighted by Gasteiger charge is 2.32. The first-order valence-electron chi connectivity index (χ1n) is 6.12. The minimum absolute atomic E-state index is 0.0474. The first-order valence-corrected chi connectivity index (χ1v) is 6.12. The number of allylic oxidation sites excluding steroid dienone is 1. The zero-order valence-corrected chi connectivity index (χ0v) is 10.9. The summed E-state index contributed by atoms with van der Waals surface area (Å²) in [5.74, 6) is -0.382. The third-order valence-electron chi connectivity index (χ3n) is 2.88. The molecule has 0 amide bonds. The highest BCUT2D eigenvalue weighted by atomic mass is 19.4. The van der Waals surface area contributed by atoms with E-state index in [-0.39, 0.29) is 11.3 Å². The zero-order chi connectivity index (χ0) is 15.5. The third-order valence-corrected chi connectivity index (χ3v) is 2.88. The first-order chi connectivity index (χ1) is 9.88. The molecular formula is C16H12F3NO. The van der Waals surface area contributed by atoms with E-state index < -0.39 is 11.7 Å². The Kier molecular flexibility index (Phi) is 4.12. The summed E-state index contributed by atoms with van der Waals surface area (Å²) in [6.45, 7) is 0. The van der Waals surface area contributed by atoms with Gasteiger partial charge in [0.1, 0.15) is 0 Å². The van der Waals surface area contributed by atoms with Gasteiger partial charge in [0.25, 0.3) is 0 Å². The molecule has 0 aromatic heterocycles. The minimum atomic E-state index is -4.45. The summed E-state index contributed by atoms with van der Waals surface area (Å²) < 4.78 is 38.4. The number of benzene rings is 2. The Balaban J connectivity index is 2.26. The molecule has 108 valence electrons. The normalized spacial score (nSPS) is 11.8. The number of halogens is 3. The Morgan fingerprint density at radius 2 is 1.62 bits per heavy atom. The molecule has 0 saturated carbocycles. The van der Waals surface area contributed by atoms with Crippen LogP contribution in [0.2, 0.25) is 0 Å². The lowest BCUT2D eigenvalue weighted by atomic mass is 10.0. The lowest BCUT2D eigenvalue weighted by molar-refractivity contribution is -0.137. The van der Waals surface area contributed by atoms with Crippen molar-refractivity contribution in [2.45, 2.75) is 6.18 Å². The lowest BCUT2D eigenvalue weighted by Gasteiger charge is -2.09. The van der Waals surface area contributed by atoms with Gasteiger partial charge in [0.15, 0.2) is 5.78 Å². The van der Waals surface area contributed by atoms with Crippen LogP contribution in [0, 0.1) is 0 Å². The molecular weight excluding hydrogens is 279 g/mol. The fourth-order valence-electron chi connectivity index (χ4n) is 1.81. The van der Waals surface area contributed by atoms with E-state index in [0.29, 0.717) is 11.3 Å². The Hall–Kier alpha value is -2.56. The van der Waals surface area contributed by atoms with E-state index in [1.165, 1.54) is 36.4 Å². The molecule has 5 heteroatoms. The molecule has 2 aromatic rings. The van der Waals surface area contributed by atoms with Crippen LogP contribution < -0.4 is 5.73 Å². The van der Waals surface area contributed by atoms with Crippen LogP contribution in [0.5, 0.6) is 0 Å². The Bertz CT molecular complexity index is 673. The van der Waals surface area contributed by atoms with Crippen LogP contribution in [0.4, 0.5) is 18.9 Å². The van der Waals surface area contributed by atoms with Crippen molar-refractivity contribution in [2.75, 3.05) is 5.73 Å². The number of hydrogen-bond acceptors (Lipinski definition) is 2. The van der Waals surface area contributed by atoms with Crippen LogP contribution in [0.15, 0.2) is 54.6 Å². The Morgan fingerprint density at radius 1 is 1.00 bits per heavy atom. The highest BCUT2D eigenvalue weighted by molar-refractivity contribution is 6.07. The van der Waals surface area contributed by atoms with Gasteiger partial charge >= 0.3 is 6.18 Å². The fourth-order valence-corrected chi connectivity index (χ4v) is 1.81. The average molecular weight is 291 g/mol. The molecule has 0 fully saturated rings. The van der Waals surface area contributed by atoms with Crippen molar-refractivity contribution >= 4 is 17.5 Å². The maximum atomic E-state index is 12.8. The molecule has 0 aliphatic rings. The highest BCUT2D eigenvalue weighted by Crippen LogP contribution is 2.32. The molecule has 0 unspecified atom stereocenters. The van der Waals surface area contributed by atoms with Crippen LogP contribution >= 0.6 is 0 Å². The number of nitrogen functional groups attached to an aromatic ring is 1. The second kappa shape index (κ2) is 5.83. The molecule has 21 heavy (non-hydrogen) atoms. The van der Waals surface area contributed by atoms with Crippen molar-refractivity contribution in [1.29, 1.82) is 0 Å². The topological polar surface area (TPSA) is 43.1 Å². The van der Waals surface area contributed by atoms with Gasteiger partial charge in [-0.3, -0.25) is 4.79 Å². The predicted octanol–water partition coefficient (Wildman–Crippen LogP) is 4.18. The van der Waals surface area contributed by atoms with Crippen LogP contribution in [-0.4, -0.2) is 5.78 Å². The summed E-state index contributed by atoms with van der Waals surface area (Å²) >= 11 is 0. The number of carbonyl (C=O) groups is 1. The van der Waals surface area contributed by atoms with E-state index in [1.807, 2.05) is 0 Å². The molecule has 0 atom stereocenters. The van der Waals surface area contributed by atoms with Gasteiger partial charge in [0.05, 0.1) is 5.56 Å². The molecule has 0 radical (unpaired) electrons. The van der Waals surface area contributed by atoms with E-state index in [9.17, 15) is 18.0 Å². The van der Waals surface area contributed by atoms with Crippen LogP contribution in [0.1, 0.15) is 21.5 Å². The van der Waals surface area contributed by atoms with Gasteiger partial charge in [-0.15, -0.1) is 0 Å². The molecule has 0 aliphatic carbocycles. The molecule has 0 saturated heterocycles. The van der Waals surface area contributed by atoms with Crippen LogP contribution in [0.25, 0.3) is 6.08 Å². The quantitative estimate of drug-likeness (QED) is 0.523. The van der Waals surface area contributed by atoms with E-state index in [1.54, 1.807) is 12.1 Å². The second-order valence-corrected chi connectivity index (χ2v) is 4.40. The fraction of sp³-hybridized carbons (Fsp3) is 0.0625. The summed E-state index contributed by atoms with van der Waals surface area (Å²) in [4.78, 5) is 11.9. The minimum Gasteiger partial charge on any atom is -0.399 e. The second-order valence-electron chi connectivity index (χ2n) is 4.40. The predicted molar refractivity (Wildman–Crippen MR) is 75.7 cm³/mol. The van der Waals surface area contributed by atoms with Gasteiger partial charge < -0.3 is 5.73 Å². The molecule has 0 heterocycles. The summed E-state index contributed by atoms with van der Waals surface area (Å²) in [6.07, 6.45) is -2.16. The van der Waals surface area contributed by atoms with Crippen molar-refractivity contribution in [3.63, 3.8) is 0 Å². The molecule has 2 N–H and O–H groups in total. The standard InChI is InChI=1S/C16H12F3NO/c17-16(18,19)14-4-2-1-3-11(14)7-10-15(21)12-5-8-13(20)9-6-12/h1-10H,20H2/b10-7+. The summed E-state index contributed by atoms with van der Waals surface area (Å²) in [7, 11) is 0. The van der Waals surface area contributed by atoms with Crippen LogP contribution in [-0.2, 0) is 6.18 Å². The number of rotatable bonds is 3. The van der Waals surface area contributed by atoms with Crippen molar-refractivity contribution in [2.24, 2.45) is 0 Å². The third kappa shape index (κ3) is 3.72. The van der Waals surface area contributed by atoms with Gasteiger partial charge in [-0.1, -0.05) is 24.3 Å². The Morgan fingerprint density at radius 3 is 2.24 bits per heavy atom. The molecule has 0 bridgehead atoms. The molecule has 0 aliphatic heterocycles. The molecule has 2 aromatic carbocycles. The number of hydrogen-bond donors (Lipinski definition) is 1. The number of anilines is 1. The van der Waals surface area contributed by atoms with Gasteiger partial charge in [-0.2, -0.15) is 13.2 Å². The van der Waals surface area contributed by atoms with Crippen molar-refractivity contribution in [3.05, 3.63) is 71.3 Å².